The lowest BCUT2D eigenvalue weighted by Crippen LogP contribution is -2.34. The number of hydrogen-bond donors (Lipinski definition) is 1. The number of allylic oxidation sites excluding steroid dienone is 32. The number of rotatable bonds is 32. The smallest absolute Gasteiger partial charge is 0.521 e. The number of ether oxygens (including phenoxy) is 2. The van der Waals surface area contributed by atoms with Crippen molar-refractivity contribution in [2.24, 2.45) is 98.1 Å². The monoisotopic (exact) mass is 1980 g/mol. The molecule has 5 rings (SSSR count). The molecule has 0 saturated heterocycles. The molecule has 20 heteroatoms. The summed E-state index contributed by atoms with van der Waals surface area (Å²) in [6, 6.07) is 7.80. The van der Waals surface area contributed by atoms with E-state index in [2.05, 4.69) is 248 Å². The number of nitrogens with zero attached hydrogens (tertiary/aromatic N) is 4. The molecule has 0 aromatic heterocycles. The van der Waals surface area contributed by atoms with Crippen LogP contribution in [0.15, 0.2) is 201 Å². The maximum absolute atomic E-state index is 11.5. The van der Waals surface area contributed by atoms with Gasteiger partial charge in [0.2, 0.25) is 7.37 Å². The molecule has 18 nitrogen and oxygen atoms in total. The minimum absolute atomic E-state index is 0. The van der Waals surface area contributed by atoms with Crippen molar-refractivity contribution in [1.29, 1.82) is 21.0 Å². The lowest BCUT2D eigenvalue weighted by Gasteiger charge is -2.41. The third-order valence-electron chi connectivity index (χ3n) is 26.0. The number of esters is 2. The summed E-state index contributed by atoms with van der Waals surface area (Å²) in [5, 5.41) is 41.0. The Morgan fingerprint density at radius 3 is 1.10 bits per heavy atom. The summed E-state index contributed by atoms with van der Waals surface area (Å²) in [7, 11) is -5.54. The summed E-state index contributed by atoms with van der Waals surface area (Å²) in [6.07, 6.45) is 75.0. The molecule has 5 aliphatic rings. The maximum atomic E-state index is 11.5. The van der Waals surface area contributed by atoms with Crippen LogP contribution in [-0.4, -0.2) is 68.4 Å². The van der Waals surface area contributed by atoms with Gasteiger partial charge in [-0.1, -0.05) is 321 Å². The van der Waals surface area contributed by atoms with Crippen LogP contribution < -0.4 is 4.89 Å². The standard InChI is InChI=1S/C20H29N.C20H30O.C15H23N.C15H24O.C12H20O2.2C10H18O.C8H14NO2P.C8H11NO2.2CH4.HO4P.H2/c2*1-16(8-6-9-17(2)13-15-21)11-12-19-18(3)10-7-14-20(19,4)5;2*1-12(9-11-16)7-8-14-13(2)6-5-10-15(14,3)4;1-10(2)6-5-7-11(3)8-9-14-12(4)13;1-8-5-4-6-10(2,3)9(8)7-11;1-9(2)5-4-6-10(3)7-8-11;1-4-11-12(3,10)7-8(2)5-6-9;1-4-11-8(10)7(5-9)6(2)3;;;1-4-5(2)3;/h6,8-9,11-13,18-19H,7,10,14H2,1-5H3;6,8-9,11-13,15,18-19H,7,10,14H2,1-5H3;7-9,13-14H,5-6,10H2,1-4H3;7-9,11,13-14H,5-6,10H2,1-4H3;6,8-9,11H,5,7H2,1-4H3;7-9H,4-6H2,1-3H3;5,8,10H,4,6-7H2,1-3H3;5H,4,7H2,1-3H3;4H2,1-3H3;2*1H4;1H;1H/b2*9-6+,12-11+,16-8+,17-13+;2*8-7+,12-9+;9-8-;;;8-5+;;;;;. The van der Waals surface area contributed by atoms with E-state index in [-0.39, 0.29) is 39.2 Å². The number of nitriles is 4. The Kier molecular flexibility index (Phi) is 84.2. The van der Waals surface area contributed by atoms with E-state index in [4.69, 9.17) is 45.0 Å². The SMILES string of the molecule is C.C.CC(/C=C/C1C(C)CCCC1(C)C)=C\C#N.CC(/C=C/C1C(C)CCCC1(C)C)=C\C=O.CC(/C=C/C=C(C)/C=C/C1C(C)CCCC1(C)C)=C\C#N.CC(/C=C/C=C(C)/C=C/C1C(C)CCCC1(C)C)=C\C=O.CC(=O)O/C=C\C(C)CCC=C(C)C.CC(C)=CCCC(C)CC=O.CC1CCCC(C)(C)C1C=O.CCOC(=O)C(C#N)=C(C)C.CCOP(C)(=O)C/C(C)=C/C#N.O=[P+]([O-])OO.[HH]. The molecule has 1 N–H and O–H groups in total. The molecule has 14 unspecified atom stereocenters. The van der Waals surface area contributed by atoms with Crippen molar-refractivity contribution in [3.05, 3.63) is 201 Å². The van der Waals surface area contributed by atoms with Crippen molar-refractivity contribution in [2.45, 2.75) is 372 Å². The normalized spacial score (nSPS) is 22.7. The lowest BCUT2D eigenvalue weighted by atomic mass is 9.64. The zero-order chi connectivity index (χ0) is 107. The molecule has 140 heavy (non-hydrogen) atoms. The summed E-state index contributed by atoms with van der Waals surface area (Å²) in [5.74, 6) is 6.74. The summed E-state index contributed by atoms with van der Waals surface area (Å²) in [6.45, 7) is 72.2. The highest BCUT2D eigenvalue weighted by atomic mass is 31.2. The number of carbonyl (C=O) groups excluding carboxylic acids is 6. The average molecular weight is 1980 g/mol. The van der Waals surface area contributed by atoms with Crippen LogP contribution in [0.4, 0.5) is 0 Å². The quantitative estimate of drug-likeness (QED) is 0.00625. The Labute approximate surface area is 858 Å². The van der Waals surface area contributed by atoms with Crippen LogP contribution in [0, 0.1) is 143 Å². The second-order valence-electron chi connectivity index (χ2n) is 42.5. The minimum Gasteiger partial charge on any atom is -0.565 e. The lowest BCUT2D eigenvalue weighted by molar-refractivity contribution is -0.244. The molecule has 0 spiro atoms. The van der Waals surface area contributed by atoms with Crippen molar-refractivity contribution in [3.8, 4) is 24.3 Å². The maximum Gasteiger partial charge on any atom is 0.521 e. The predicted octanol–water partition coefficient (Wildman–Crippen LogP) is 34.1. The largest absolute Gasteiger partial charge is 0.565 e. The van der Waals surface area contributed by atoms with Gasteiger partial charge in [0.1, 0.15) is 36.8 Å². The van der Waals surface area contributed by atoms with Gasteiger partial charge < -0.3 is 28.5 Å². The van der Waals surface area contributed by atoms with E-state index >= 15 is 0 Å². The first-order chi connectivity index (χ1) is 64.3. The fourth-order valence-electron chi connectivity index (χ4n) is 18.0. The van der Waals surface area contributed by atoms with Crippen molar-refractivity contribution in [2.75, 3.05) is 26.0 Å². The van der Waals surface area contributed by atoms with Crippen LogP contribution in [0.3, 0.4) is 0 Å². The van der Waals surface area contributed by atoms with Gasteiger partial charge in [0.25, 0.3) is 0 Å². The fourth-order valence-corrected chi connectivity index (χ4v) is 19.6. The van der Waals surface area contributed by atoms with Gasteiger partial charge in [0.05, 0.1) is 37.7 Å². The summed E-state index contributed by atoms with van der Waals surface area (Å²) in [4.78, 5) is 71.9. The molecule has 14 atom stereocenters. The molecule has 0 amide bonds. The van der Waals surface area contributed by atoms with E-state index in [1.165, 1.54) is 138 Å². The minimum atomic E-state index is -3.04. The Balaban J connectivity index is -0.000000235. The molecule has 0 aromatic carbocycles. The zero-order valence-electron chi connectivity index (χ0n) is 92.2. The first-order valence-corrected chi connectivity index (χ1v) is 53.5. The topological polar surface area (TPSA) is 312 Å². The van der Waals surface area contributed by atoms with Crippen LogP contribution in [0.1, 0.15) is 373 Å². The van der Waals surface area contributed by atoms with Gasteiger partial charge in [-0.2, -0.15) is 21.0 Å². The number of hydrogen-bond acceptors (Lipinski definition) is 18. The van der Waals surface area contributed by atoms with E-state index in [9.17, 15) is 33.3 Å². The molecule has 0 aliphatic heterocycles. The van der Waals surface area contributed by atoms with Gasteiger partial charge in [-0.05, 0) is 305 Å². The van der Waals surface area contributed by atoms with Gasteiger partial charge in [0.15, 0.2) is 0 Å². The highest BCUT2D eigenvalue weighted by Crippen LogP contribution is 2.49. The molecular formula is C120H198N4O14P2. The average Bonchev–Trinajstić information content (AvgIpc) is 0.832. The molecule has 0 radical (unpaired) electrons. The van der Waals surface area contributed by atoms with E-state index in [1.54, 1.807) is 71.7 Å². The second kappa shape index (κ2) is 81.7. The summed E-state index contributed by atoms with van der Waals surface area (Å²) >= 11 is 0. The Morgan fingerprint density at radius 2 is 0.821 bits per heavy atom. The number of aldehydes is 4. The van der Waals surface area contributed by atoms with Gasteiger partial charge >= 0.3 is 20.2 Å². The fraction of sp³-hybridized carbons (Fsp3) is 0.633. The van der Waals surface area contributed by atoms with Crippen molar-refractivity contribution in [3.63, 3.8) is 0 Å². The van der Waals surface area contributed by atoms with Gasteiger partial charge in [-0.3, -0.25) is 18.9 Å². The Morgan fingerprint density at radius 1 is 0.500 bits per heavy atom. The Bertz CT molecular complexity index is 4390. The van der Waals surface area contributed by atoms with E-state index in [0.29, 0.717) is 94.5 Å². The van der Waals surface area contributed by atoms with Gasteiger partial charge in [-0.25, -0.2) is 10.1 Å². The van der Waals surface area contributed by atoms with E-state index < -0.39 is 21.6 Å². The van der Waals surface area contributed by atoms with Gasteiger partial charge in [0, 0.05) is 56.4 Å². The van der Waals surface area contributed by atoms with Crippen molar-refractivity contribution < 1.29 is 68.1 Å². The summed E-state index contributed by atoms with van der Waals surface area (Å²) in [5.41, 5.74) is 12.7. The van der Waals surface area contributed by atoms with Gasteiger partial charge in [-0.15, -0.1) is 0 Å². The Hall–Kier alpha value is -8.67. The van der Waals surface area contributed by atoms with E-state index in [0.717, 1.165) is 102 Å². The van der Waals surface area contributed by atoms with Crippen LogP contribution in [0.25, 0.3) is 0 Å². The van der Waals surface area contributed by atoms with Crippen LogP contribution in [0.5, 0.6) is 0 Å². The molecule has 5 saturated carbocycles. The first-order valence-electron chi connectivity index (χ1n) is 50.1. The molecule has 5 fully saturated rings. The van der Waals surface area contributed by atoms with E-state index in [1.807, 2.05) is 70.2 Å². The third kappa shape index (κ3) is 73.4. The highest BCUT2D eigenvalue weighted by Gasteiger charge is 2.39. The molecule has 0 heterocycles. The second-order valence-corrected chi connectivity index (χ2v) is 45.7. The number of carbonyl (C=O) groups is 6. The van der Waals surface area contributed by atoms with Crippen LogP contribution >= 0.6 is 15.6 Å². The molecule has 5 aliphatic carbocycles. The molecule has 0 aromatic rings. The van der Waals surface area contributed by atoms with Crippen molar-refractivity contribution in [1.82, 2.24) is 0 Å². The third-order valence-corrected chi connectivity index (χ3v) is 28.0. The van der Waals surface area contributed by atoms with Crippen LogP contribution in [0.2, 0.25) is 0 Å². The molecular weight excluding hydrogens is 1780 g/mol. The predicted molar refractivity (Wildman–Crippen MR) is 592 cm³/mol. The van der Waals surface area contributed by atoms with Crippen LogP contribution in [-0.2, 0) is 56.6 Å². The van der Waals surface area contributed by atoms with Crippen molar-refractivity contribution >= 4 is 52.7 Å². The summed E-state index contributed by atoms with van der Waals surface area (Å²) < 4.78 is 37.6. The zero-order valence-corrected chi connectivity index (χ0v) is 94.0. The first kappa shape index (κ1) is 144. The highest BCUT2D eigenvalue weighted by molar-refractivity contribution is 7.58. The molecule has 0 bridgehead atoms. The molecule has 792 valence electrons.